The van der Waals surface area contributed by atoms with Gasteiger partial charge in [0.1, 0.15) is 6.61 Å². The lowest BCUT2D eigenvalue weighted by Crippen LogP contribution is -2.19. The Morgan fingerprint density at radius 1 is 1.40 bits per heavy atom. The van der Waals surface area contributed by atoms with Crippen molar-refractivity contribution in [2.45, 2.75) is 26.0 Å². The number of thioether (sulfide) groups is 2. The van der Waals surface area contributed by atoms with Crippen molar-refractivity contribution in [3.05, 3.63) is 12.2 Å². The molecule has 0 aliphatic heterocycles. The number of ether oxygens (including phenoxy) is 1. The van der Waals surface area contributed by atoms with Crippen LogP contribution in [0.4, 0.5) is 0 Å². The van der Waals surface area contributed by atoms with E-state index in [4.69, 9.17) is 4.74 Å². The van der Waals surface area contributed by atoms with Gasteiger partial charge in [0.05, 0.1) is 0 Å². The molecule has 0 saturated carbocycles. The van der Waals surface area contributed by atoms with E-state index >= 15 is 0 Å². The second kappa shape index (κ2) is 9.16. The SMILES string of the molecule is C=C(C)C(=O)OCC(CSCC)SCC. The zero-order chi connectivity index (χ0) is 11.7. The van der Waals surface area contributed by atoms with Gasteiger partial charge >= 0.3 is 5.97 Å². The second-order valence-electron chi connectivity index (χ2n) is 3.12. The molecule has 0 saturated heterocycles. The van der Waals surface area contributed by atoms with Gasteiger partial charge in [-0.15, -0.1) is 0 Å². The largest absolute Gasteiger partial charge is 0.461 e. The van der Waals surface area contributed by atoms with Crippen LogP contribution in [-0.2, 0) is 9.53 Å². The fourth-order valence-corrected chi connectivity index (χ4v) is 2.83. The van der Waals surface area contributed by atoms with Gasteiger partial charge in [-0.3, -0.25) is 0 Å². The summed E-state index contributed by atoms with van der Waals surface area (Å²) in [5.41, 5.74) is 0.471. The fourth-order valence-electron chi connectivity index (χ4n) is 0.921. The molecule has 0 amide bonds. The summed E-state index contributed by atoms with van der Waals surface area (Å²) >= 11 is 3.72. The molecular weight excluding hydrogens is 228 g/mol. The second-order valence-corrected chi connectivity index (χ2v) is 6.01. The van der Waals surface area contributed by atoms with E-state index in [1.165, 1.54) is 0 Å². The molecule has 0 fully saturated rings. The van der Waals surface area contributed by atoms with Crippen molar-refractivity contribution in [1.82, 2.24) is 0 Å². The highest BCUT2D eigenvalue weighted by Crippen LogP contribution is 2.17. The molecule has 4 heteroatoms. The van der Waals surface area contributed by atoms with Gasteiger partial charge in [0.2, 0.25) is 0 Å². The first kappa shape index (κ1) is 14.9. The summed E-state index contributed by atoms with van der Waals surface area (Å²) in [6.45, 7) is 9.98. The summed E-state index contributed by atoms with van der Waals surface area (Å²) in [5.74, 6) is 2.92. The van der Waals surface area contributed by atoms with Crippen molar-refractivity contribution >= 4 is 29.5 Å². The summed E-state index contributed by atoms with van der Waals surface area (Å²) < 4.78 is 5.14. The van der Waals surface area contributed by atoms with Crippen LogP contribution in [0, 0.1) is 0 Å². The van der Waals surface area contributed by atoms with Crippen LogP contribution < -0.4 is 0 Å². The molecule has 0 radical (unpaired) electrons. The first-order valence-corrected chi connectivity index (χ1v) is 7.34. The summed E-state index contributed by atoms with van der Waals surface area (Å²) in [6.07, 6.45) is 0. The lowest BCUT2D eigenvalue weighted by Gasteiger charge is -2.15. The highest BCUT2D eigenvalue weighted by atomic mass is 32.2. The Bertz CT molecular complexity index is 205. The predicted molar refractivity (Wildman–Crippen MR) is 70.7 cm³/mol. The number of esters is 1. The summed E-state index contributed by atoms with van der Waals surface area (Å²) in [6, 6.07) is 0. The highest BCUT2D eigenvalue weighted by molar-refractivity contribution is 8.03. The van der Waals surface area contributed by atoms with E-state index in [1.807, 2.05) is 23.5 Å². The summed E-state index contributed by atoms with van der Waals surface area (Å²) in [7, 11) is 0. The first-order valence-electron chi connectivity index (χ1n) is 5.13. The molecule has 0 aromatic carbocycles. The van der Waals surface area contributed by atoms with Crippen molar-refractivity contribution in [2.75, 3.05) is 23.9 Å². The van der Waals surface area contributed by atoms with E-state index in [2.05, 4.69) is 20.4 Å². The van der Waals surface area contributed by atoms with Crippen molar-refractivity contribution in [2.24, 2.45) is 0 Å². The molecule has 88 valence electrons. The quantitative estimate of drug-likeness (QED) is 0.487. The van der Waals surface area contributed by atoms with Crippen LogP contribution in [0.2, 0.25) is 0 Å². The number of rotatable bonds is 8. The Morgan fingerprint density at radius 3 is 2.53 bits per heavy atom. The van der Waals surface area contributed by atoms with Crippen molar-refractivity contribution in [1.29, 1.82) is 0 Å². The molecule has 0 aromatic rings. The molecule has 0 heterocycles. The minimum atomic E-state index is -0.279. The standard InChI is InChI=1S/C11H20O2S2/c1-5-14-8-10(15-6-2)7-13-11(12)9(3)4/h10H,3,5-8H2,1-2,4H3. The fraction of sp³-hybridized carbons (Fsp3) is 0.727. The normalized spacial score (nSPS) is 12.2. The van der Waals surface area contributed by atoms with Crippen LogP contribution in [0.5, 0.6) is 0 Å². The van der Waals surface area contributed by atoms with E-state index in [0.717, 1.165) is 17.3 Å². The van der Waals surface area contributed by atoms with Gasteiger partial charge in [-0.05, 0) is 18.4 Å². The molecule has 0 N–H and O–H groups in total. The van der Waals surface area contributed by atoms with Gasteiger partial charge in [0.25, 0.3) is 0 Å². The van der Waals surface area contributed by atoms with E-state index in [-0.39, 0.29) is 5.97 Å². The maximum atomic E-state index is 11.2. The van der Waals surface area contributed by atoms with Gasteiger partial charge in [-0.2, -0.15) is 23.5 Å². The van der Waals surface area contributed by atoms with Crippen LogP contribution in [0.1, 0.15) is 20.8 Å². The molecule has 1 atom stereocenters. The van der Waals surface area contributed by atoms with E-state index in [0.29, 0.717) is 17.4 Å². The Hall–Kier alpha value is -0.0900. The van der Waals surface area contributed by atoms with Crippen molar-refractivity contribution < 1.29 is 9.53 Å². The van der Waals surface area contributed by atoms with E-state index in [1.54, 1.807) is 6.92 Å². The first-order chi connectivity index (χ1) is 7.11. The van der Waals surface area contributed by atoms with Crippen LogP contribution in [0.15, 0.2) is 12.2 Å². The van der Waals surface area contributed by atoms with Crippen molar-refractivity contribution in [3.63, 3.8) is 0 Å². The zero-order valence-electron chi connectivity index (χ0n) is 9.75. The van der Waals surface area contributed by atoms with Crippen LogP contribution in [-0.4, -0.2) is 35.1 Å². The maximum Gasteiger partial charge on any atom is 0.333 e. The average Bonchev–Trinajstić information content (AvgIpc) is 2.21. The molecule has 0 rings (SSSR count). The van der Waals surface area contributed by atoms with Crippen LogP contribution in [0.25, 0.3) is 0 Å². The van der Waals surface area contributed by atoms with Crippen molar-refractivity contribution in [3.8, 4) is 0 Å². The summed E-state index contributed by atoms with van der Waals surface area (Å²) in [5, 5.41) is 0.406. The summed E-state index contributed by atoms with van der Waals surface area (Å²) in [4.78, 5) is 11.2. The zero-order valence-corrected chi connectivity index (χ0v) is 11.4. The minimum Gasteiger partial charge on any atom is -0.461 e. The molecule has 0 aliphatic rings. The van der Waals surface area contributed by atoms with Gasteiger partial charge < -0.3 is 4.74 Å². The Balaban J connectivity index is 3.83. The molecule has 0 spiro atoms. The third kappa shape index (κ3) is 7.79. The molecule has 0 bridgehead atoms. The number of hydrogen-bond donors (Lipinski definition) is 0. The number of carbonyl (C=O) groups excluding carboxylic acids is 1. The highest BCUT2D eigenvalue weighted by Gasteiger charge is 2.11. The minimum absolute atomic E-state index is 0.279. The van der Waals surface area contributed by atoms with Gasteiger partial charge in [0, 0.05) is 16.6 Å². The third-order valence-electron chi connectivity index (χ3n) is 1.66. The molecular formula is C11H20O2S2. The number of hydrogen-bond acceptors (Lipinski definition) is 4. The van der Waals surface area contributed by atoms with E-state index < -0.39 is 0 Å². The van der Waals surface area contributed by atoms with E-state index in [9.17, 15) is 4.79 Å². The predicted octanol–water partition coefficient (Wildman–Crippen LogP) is 2.98. The average molecular weight is 248 g/mol. The van der Waals surface area contributed by atoms with Gasteiger partial charge in [-0.1, -0.05) is 20.4 Å². The van der Waals surface area contributed by atoms with Crippen LogP contribution in [0.3, 0.4) is 0 Å². The number of carbonyl (C=O) groups is 1. The smallest absolute Gasteiger partial charge is 0.333 e. The lowest BCUT2D eigenvalue weighted by atomic mass is 10.4. The Labute approximate surface area is 101 Å². The van der Waals surface area contributed by atoms with Crippen LogP contribution >= 0.6 is 23.5 Å². The van der Waals surface area contributed by atoms with Gasteiger partial charge in [0.15, 0.2) is 0 Å². The molecule has 1 unspecified atom stereocenters. The molecule has 0 aromatic heterocycles. The molecule has 0 aliphatic carbocycles. The monoisotopic (exact) mass is 248 g/mol. The topological polar surface area (TPSA) is 26.3 Å². The maximum absolute atomic E-state index is 11.2. The van der Waals surface area contributed by atoms with Gasteiger partial charge in [-0.25, -0.2) is 4.79 Å². The Morgan fingerprint density at radius 2 is 2.07 bits per heavy atom. The Kier molecular flexibility index (Phi) is 9.10. The molecule has 2 nitrogen and oxygen atoms in total. The molecule has 15 heavy (non-hydrogen) atoms. The third-order valence-corrected chi connectivity index (χ3v) is 4.02. The lowest BCUT2D eigenvalue weighted by molar-refractivity contribution is -0.138.